The van der Waals surface area contributed by atoms with E-state index < -0.39 is 11.9 Å². The first-order valence-electron chi connectivity index (χ1n) is 5.19. The van der Waals surface area contributed by atoms with Crippen LogP contribution in [-0.2, 0) is 6.18 Å². The maximum Gasteiger partial charge on any atom is 0.433 e. The highest BCUT2D eigenvalue weighted by atomic mass is 19.4. The molecule has 0 radical (unpaired) electrons. The van der Waals surface area contributed by atoms with Crippen LogP contribution in [-0.4, -0.2) is 22.2 Å². The number of hydrogen-bond donors (Lipinski definition) is 1. The monoisotopic (exact) mass is 270 g/mol. The van der Waals surface area contributed by atoms with Crippen molar-refractivity contribution < 1.29 is 23.0 Å². The van der Waals surface area contributed by atoms with Crippen LogP contribution in [0.3, 0.4) is 0 Å². The van der Waals surface area contributed by atoms with Gasteiger partial charge in [0.1, 0.15) is 17.2 Å². The Morgan fingerprint density at radius 3 is 2.58 bits per heavy atom. The average molecular weight is 270 g/mol. The van der Waals surface area contributed by atoms with E-state index in [1.807, 2.05) is 0 Å². The van der Waals surface area contributed by atoms with Gasteiger partial charge < -0.3 is 9.84 Å². The fourth-order valence-electron chi connectivity index (χ4n) is 1.49. The minimum Gasteiger partial charge on any atom is -0.508 e. The molecule has 2 aromatic rings. The Labute approximate surface area is 106 Å². The van der Waals surface area contributed by atoms with E-state index in [9.17, 15) is 18.3 Å². The summed E-state index contributed by atoms with van der Waals surface area (Å²) in [6, 6.07) is 4.81. The molecule has 0 saturated carbocycles. The number of aromatic hydroxyl groups is 1. The van der Waals surface area contributed by atoms with E-state index in [0.29, 0.717) is 5.75 Å². The van der Waals surface area contributed by atoms with Gasteiger partial charge in [0.15, 0.2) is 5.82 Å². The van der Waals surface area contributed by atoms with Crippen LogP contribution < -0.4 is 4.74 Å². The van der Waals surface area contributed by atoms with Crippen LogP contribution in [0.2, 0.25) is 0 Å². The molecule has 0 aliphatic heterocycles. The van der Waals surface area contributed by atoms with Crippen LogP contribution >= 0.6 is 0 Å². The zero-order valence-electron chi connectivity index (χ0n) is 9.77. The second-order valence-electron chi connectivity index (χ2n) is 3.68. The Morgan fingerprint density at radius 2 is 1.95 bits per heavy atom. The predicted octanol–water partition coefficient (Wildman–Crippen LogP) is 2.88. The van der Waals surface area contributed by atoms with Crippen molar-refractivity contribution >= 4 is 0 Å². The Morgan fingerprint density at radius 1 is 1.21 bits per heavy atom. The number of alkyl halides is 3. The summed E-state index contributed by atoms with van der Waals surface area (Å²) in [7, 11) is 1.38. The molecular weight excluding hydrogens is 261 g/mol. The number of phenols is 1. The average Bonchev–Trinajstić information content (AvgIpc) is 2.37. The van der Waals surface area contributed by atoms with Gasteiger partial charge in [0.05, 0.1) is 7.11 Å². The van der Waals surface area contributed by atoms with Crippen molar-refractivity contribution in [3.63, 3.8) is 0 Å². The van der Waals surface area contributed by atoms with Crippen LogP contribution in [0.15, 0.2) is 30.5 Å². The summed E-state index contributed by atoms with van der Waals surface area (Å²) in [5.74, 6) is 0.0235. The van der Waals surface area contributed by atoms with Crippen molar-refractivity contribution in [3.05, 3.63) is 36.2 Å². The number of benzene rings is 1. The topological polar surface area (TPSA) is 55.2 Å². The molecule has 7 heteroatoms. The van der Waals surface area contributed by atoms with Crippen molar-refractivity contribution in [2.24, 2.45) is 0 Å². The van der Waals surface area contributed by atoms with Gasteiger partial charge in [-0.05, 0) is 18.2 Å². The van der Waals surface area contributed by atoms with E-state index in [4.69, 9.17) is 4.74 Å². The molecule has 1 N–H and O–H groups in total. The van der Waals surface area contributed by atoms with Crippen LogP contribution in [0.25, 0.3) is 11.4 Å². The first-order chi connectivity index (χ1) is 8.90. The molecule has 19 heavy (non-hydrogen) atoms. The van der Waals surface area contributed by atoms with Crippen LogP contribution in [0.4, 0.5) is 13.2 Å². The number of hydrogen-bond acceptors (Lipinski definition) is 4. The zero-order chi connectivity index (χ0) is 14.0. The number of methoxy groups -OCH3 is 1. The highest BCUT2D eigenvalue weighted by Crippen LogP contribution is 2.30. The number of rotatable bonds is 2. The summed E-state index contributed by atoms with van der Waals surface area (Å²) in [6.07, 6.45) is -3.53. The second-order valence-corrected chi connectivity index (χ2v) is 3.68. The first-order valence-corrected chi connectivity index (χ1v) is 5.19. The van der Waals surface area contributed by atoms with Crippen molar-refractivity contribution in [2.45, 2.75) is 6.18 Å². The number of phenolic OH excluding ortho intramolecular Hbond substituents is 1. The van der Waals surface area contributed by atoms with Gasteiger partial charge in [-0.1, -0.05) is 0 Å². The summed E-state index contributed by atoms with van der Waals surface area (Å²) in [5, 5.41) is 9.46. The zero-order valence-corrected chi connectivity index (χ0v) is 9.77. The van der Waals surface area contributed by atoms with E-state index in [1.54, 1.807) is 0 Å². The minimum atomic E-state index is -4.54. The quantitative estimate of drug-likeness (QED) is 0.911. The molecule has 1 aromatic heterocycles. The van der Waals surface area contributed by atoms with Crippen LogP contribution in [0, 0.1) is 0 Å². The third-order valence-electron chi connectivity index (χ3n) is 2.33. The second kappa shape index (κ2) is 4.75. The van der Waals surface area contributed by atoms with Gasteiger partial charge in [-0.3, -0.25) is 0 Å². The summed E-state index contributed by atoms with van der Waals surface area (Å²) in [4.78, 5) is 7.19. The van der Waals surface area contributed by atoms with Gasteiger partial charge in [-0.2, -0.15) is 13.2 Å². The summed E-state index contributed by atoms with van der Waals surface area (Å²) in [6.45, 7) is 0. The molecule has 0 atom stereocenters. The molecule has 100 valence electrons. The molecule has 1 aromatic carbocycles. The lowest BCUT2D eigenvalue weighted by Crippen LogP contribution is -2.09. The molecule has 0 amide bonds. The van der Waals surface area contributed by atoms with Crippen LogP contribution in [0.1, 0.15) is 5.69 Å². The van der Waals surface area contributed by atoms with E-state index in [-0.39, 0.29) is 17.1 Å². The Kier molecular flexibility index (Phi) is 3.28. The lowest BCUT2D eigenvalue weighted by molar-refractivity contribution is -0.141. The minimum absolute atomic E-state index is 0.135. The number of aromatic nitrogens is 2. The molecule has 0 aliphatic carbocycles. The molecule has 0 spiro atoms. The van der Waals surface area contributed by atoms with E-state index in [2.05, 4.69) is 9.97 Å². The third kappa shape index (κ3) is 2.93. The largest absolute Gasteiger partial charge is 0.508 e. The summed E-state index contributed by atoms with van der Waals surface area (Å²) in [5.41, 5.74) is -0.803. The maximum absolute atomic E-state index is 12.5. The van der Waals surface area contributed by atoms with Crippen molar-refractivity contribution in [2.75, 3.05) is 7.11 Å². The number of ether oxygens (including phenoxy) is 1. The van der Waals surface area contributed by atoms with Gasteiger partial charge >= 0.3 is 6.18 Å². The normalized spacial score (nSPS) is 11.4. The van der Waals surface area contributed by atoms with Crippen molar-refractivity contribution in [3.8, 4) is 22.9 Å². The van der Waals surface area contributed by atoms with E-state index >= 15 is 0 Å². The third-order valence-corrected chi connectivity index (χ3v) is 2.33. The van der Waals surface area contributed by atoms with Gasteiger partial charge in [0.25, 0.3) is 0 Å². The fraction of sp³-hybridized carbons (Fsp3) is 0.167. The maximum atomic E-state index is 12.5. The van der Waals surface area contributed by atoms with Crippen molar-refractivity contribution in [1.29, 1.82) is 0 Å². The molecule has 1 heterocycles. The highest BCUT2D eigenvalue weighted by Gasteiger charge is 2.32. The molecule has 0 aliphatic rings. The van der Waals surface area contributed by atoms with E-state index in [0.717, 1.165) is 12.3 Å². The van der Waals surface area contributed by atoms with Gasteiger partial charge in [-0.15, -0.1) is 0 Å². The van der Waals surface area contributed by atoms with Crippen LogP contribution in [0.5, 0.6) is 11.5 Å². The molecule has 0 bridgehead atoms. The molecule has 0 unspecified atom stereocenters. The Hall–Kier alpha value is -2.31. The Bertz CT molecular complexity index is 600. The SMILES string of the molecule is COc1cc(O)cc(-c2nccc(C(F)(F)F)n2)c1. The van der Waals surface area contributed by atoms with Gasteiger partial charge in [0.2, 0.25) is 0 Å². The predicted molar refractivity (Wildman–Crippen MR) is 60.7 cm³/mol. The van der Waals surface area contributed by atoms with Gasteiger partial charge in [-0.25, -0.2) is 9.97 Å². The molecule has 4 nitrogen and oxygen atoms in total. The van der Waals surface area contributed by atoms with E-state index in [1.165, 1.54) is 25.3 Å². The molecule has 0 saturated heterocycles. The van der Waals surface area contributed by atoms with Gasteiger partial charge in [0, 0.05) is 17.8 Å². The fourth-order valence-corrected chi connectivity index (χ4v) is 1.49. The number of nitrogens with zero attached hydrogens (tertiary/aromatic N) is 2. The molecule has 2 rings (SSSR count). The smallest absolute Gasteiger partial charge is 0.433 e. The summed E-state index contributed by atoms with van der Waals surface area (Å²) >= 11 is 0. The molecule has 0 fully saturated rings. The standard InChI is InChI=1S/C12H9F3N2O2/c1-19-9-5-7(4-8(18)6-9)11-16-3-2-10(17-11)12(13,14)15/h2-6,18H,1H3. The number of halogens is 3. The Balaban J connectivity index is 2.50. The first kappa shape index (κ1) is 13.1. The highest BCUT2D eigenvalue weighted by molar-refractivity contribution is 5.60. The molecular formula is C12H9F3N2O2. The lowest BCUT2D eigenvalue weighted by atomic mass is 10.2. The lowest BCUT2D eigenvalue weighted by Gasteiger charge is -2.08. The summed E-state index contributed by atoms with van der Waals surface area (Å²) < 4.78 is 42.5. The van der Waals surface area contributed by atoms with Crippen molar-refractivity contribution in [1.82, 2.24) is 9.97 Å².